The predicted molar refractivity (Wildman–Crippen MR) is 148 cm³/mol. The highest BCUT2D eigenvalue weighted by atomic mass is 16.5. The van der Waals surface area contributed by atoms with Gasteiger partial charge in [0, 0.05) is 6.42 Å². The summed E-state index contributed by atoms with van der Waals surface area (Å²) < 4.78 is 21.3. The SMILES string of the molecule is COc1cc(C(=O)OCC(=O)N2N=C(c3ccc4ccccc4c3)CC2c2ccccc2)cc(OC)c1OC. The van der Waals surface area contributed by atoms with Gasteiger partial charge < -0.3 is 18.9 Å². The lowest BCUT2D eigenvalue weighted by atomic mass is 9.97. The van der Waals surface area contributed by atoms with Crippen molar-refractivity contribution in [3.8, 4) is 17.2 Å². The predicted octanol–water partition coefficient (Wildman–Crippen LogP) is 5.40. The van der Waals surface area contributed by atoms with Crippen molar-refractivity contribution < 1.29 is 28.5 Å². The molecule has 1 aliphatic heterocycles. The fourth-order valence-electron chi connectivity index (χ4n) is 4.69. The summed E-state index contributed by atoms with van der Waals surface area (Å²) in [4.78, 5) is 26.3. The Morgan fingerprint density at radius 1 is 0.821 bits per heavy atom. The zero-order valence-corrected chi connectivity index (χ0v) is 21.9. The van der Waals surface area contributed by atoms with Crippen LogP contribution in [0.1, 0.15) is 33.9 Å². The third-order valence-corrected chi connectivity index (χ3v) is 6.66. The van der Waals surface area contributed by atoms with Gasteiger partial charge >= 0.3 is 5.97 Å². The van der Waals surface area contributed by atoms with Crippen LogP contribution in [-0.4, -0.2) is 50.5 Å². The van der Waals surface area contributed by atoms with Crippen molar-refractivity contribution in [2.75, 3.05) is 27.9 Å². The Balaban J connectivity index is 1.38. The van der Waals surface area contributed by atoms with Crippen LogP contribution in [0.2, 0.25) is 0 Å². The van der Waals surface area contributed by atoms with Gasteiger partial charge in [-0.3, -0.25) is 4.79 Å². The number of benzene rings is 4. The number of hydrogen-bond acceptors (Lipinski definition) is 7. The van der Waals surface area contributed by atoms with E-state index in [-0.39, 0.29) is 11.6 Å². The zero-order valence-electron chi connectivity index (χ0n) is 21.9. The van der Waals surface area contributed by atoms with Crippen LogP contribution in [0.5, 0.6) is 17.2 Å². The molecule has 1 unspecified atom stereocenters. The van der Waals surface area contributed by atoms with Crippen LogP contribution in [0.25, 0.3) is 10.8 Å². The van der Waals surface area contributed by atoms with E-state index in [4.69, 9.17) is 24.0 Å². The van der Waals surface area contributed by atoms with Crippen molar-refractivity contribution in [1.82, 2.24) is 5.01 Å². The number of carbonyl (C=O) groups is 2. The third kappa shape index (κ3) is 5.27. The number of esters is 1. The largest absolute Gasteiger partial charge is 0.493 e. The van der Waals surface area contributed by atoms with E-state index in [1.807, 2.05) is 54.6 Å². The van der Waals surface area contributed by atoms with Crippen LogP contribution < -0.4 is 14.2 Å². The lowest BCUT2D eigenvalue weighted by Crippen LogP contribution is -2.31. The maximum Gasteiger partial charge on any atom is 0.338 e. The number of hydrogen-bond donors (Lipinski definition) is 0. The monoisotopic (exact) mass is 524 g/mol. The molecule has 4 aromatic rings. The zero-order chi connectivity index (χ0) is 27.4. The molecule has 0 saturated carbocycles. The minimum atomic E-state index is -0.697. The third-order valence-electron chi connectivity index (χ3n) is 6.66. The number of hydrazone groups is 1. The lowest BCUT2D eigenvalue weighted by Gasteiger charge is -2.22. The minimum absolute atomic E-state index is 0.165. The van der Waals surface area contributed by atoms with Gasteiger partial charge in [-0.25, -0.2) is 9.80 Å². The summed E-state index contributed by atoms with van der Waals surface area (Å²) in [6, 6.07) is 26.6. The van der Waals surface area contributed by atoms with Gasteiger partial charge in [-0.2, -0.15) is 5.10 Å². The molecule has 8 heteroatoms. The van der Waals surface area contributed by atoms with Crippen LogP contribution in [0.4, 0.5) is 0 Å². The summed E-state index contributed by atoms with van der Waals surface area (Å²) in [7, 11) is 4.39. The first kappa shape index (κ1) is 25.8. The van der Waals surface area contributed by atoms with Gasteiger partial charge in [0.25, 0.3) is 5.91 Å². The van der Waals surface area contributed by atoms with Gasteiger partial charge in [-0.1, -0.05) is 66.7 Å². The normalized spacial score (nSPS) is 14.6. The fraction of sp³-hybridized carbons (Fsp3) is 0.194. The van der Waals surface area contributed by atoms with Gasteiger partial charge in [0.15, 0.2) is 18.1 Å². The summed E-state index contributed by atoms with van der Waals surface area (Å²) in [6.45, 7) is -0.479. The maximum atomic E-state index is 13.4. The summed E-state index contributed by atoms with van der Waals surface area (Å²) in [5.74, 6) is -0.157. The van der Waals surface area contributed by atoms with Crippen molar-refractivity contribution in [2.45, 2.75) is 12.5 Å². The van der Waals surface area contributed by atoms with Gasteiger partial charge in [0.1, 0.15) is 0 Å². The van der Waals surface area contributed by atoms with E-state index >= 15 is 0 Å². The summed E-state index contributed by atoms with van der Waals surface area (Å²) in [5.41, 5.74) is 2.85. The van der Waals surface area contributed by atoms with Crippen molar-refractivity contribution in [3.63, 3.8) is 0 Å². The second-order valence-corrected chi connectivity index (χ2v) is 8.97. The second-order valence-electron chi connectivity index (χ2n) is 8.97. The van der Waals surface area contributed by atoms with E-state index in [0.717, 1.165) is 27.6 Å². The molecule has 0 spiro atoms. The second kappa shape index (κ2) is 11.3. The number of nitrogens with zero attached hydrogens (tertiary/aromatic N) is 2. The molecule has 1 aliphatic rings. The molecule has 0 aliphatic carbocycles. The number of ether oxygens (including phenoxy) is 4. The van der Waals surface area contributed by atoms with Gasteiger partial charge in [0.05, 0.1) is 38.6 Å². The molecule has 198 valence electrons. The first-order valence-electron chi connectivity index (χ1n) is 12.4. The molecule has 1 amide bonds. The van der Waals surface area contributed by atoms with Crippen molar-refractivity contribution >= 4 is 28.4 Å². The fourth-order valence-corrected chi connectivity index (χ4v) is 4.69. The van der Waals surface area contributed by atoms with Crippen LogP contribution in [0.3, 0.4) is 0 Å². The lowest BCUT2D eigenvalue weighted by molar-refractivity contribution is -0.136. The Morgan fingerprint density at radius 3 is 2.15 bits per heavy atom. The Labute approximate surface area is 226 Å². The molecule has 0 radical (unpaired) electrons. The molecule has 1 heterocycles. The highest BCUT2D eigenvalue weighted by Crippen LogP contribution is 2.38. The number of carbonyl (C=O) groups excluding carboxylic acids is 2. The Morgan fingerprint density at radius 2 is 1.49 bits per heavy atom. The van der Waals surface area contributed by atoms with Gasteiger partial charge in [0.2, 0.25) is 5.75 Å². The van der Waals surface area contributed by atoms with Gasteiger partial charge in [-0.15, -0.1) is 0 Å². The molecule has 39 heavy (non-hydrogen) atoms. The van der Waals surface area contributed by atoms with Crippen LogP contribution >= 0.6 is 0 Å². The topological polar surface area (TPSA) is 86.7 Å². The summed E-state index contributed by atoms with van der Waals surface area (Å²) in [6.07, 6.45) is 0.537. The van der Waals surface area contributed by atoms with E-state index in [1.54, 1.807) is 0 Å². The maximum absolute atomic E-state index is 13.4. The molecule has 0 bridgehead atoms. The van der Waals surface area contributed by atoms with E-state index in [0.29, 0.717) is 23.7 Å². The Bertz CT molecular complexity index is 1520. The molecule has 8 nitrogen and oxygen atoms in total. The number of rotatable bonds is 8. The molecule has 5 rings (SSSR count). The standard InChI is InChI=1S/C31H28N2O6/c1-36-27-16-24(17-28(37-2)30(27)38-3)31(35)39-19-29(34)33-26(21-10-5-4-6-11-21)18-25(32-33)23-14-13-20-9-7-8-12-22(20)15-23/h4-17,26H,18-19H2,1-3H3. The highest BCUT2D eigenvalue weighted by molar-refractivity contribution is 6.05. The minimum Gasteiger partial charge on any atom is -0.493 e. The first-order chi connectivity index (χ1) is 19.0. The molecule has 4 aromatic carbocycles. The molecular weight excluding hydrogens is 496 g/mol. The average Bonchev–Trinajstić information content (AvgIpc) is 3.45. The first-order valence-corrected chi connectivity index (χ1v) is 12.4. The molecule has 0 N–H and O–H groups in total. The molecule has 0 fully saturated rings. The van der Waals surface area contributed by atoms with E-state index in [9.17, 15) is 9.59 Å². The summed E-state index contributed by atoms with van der Waals surface area (Å²) in [5, 5.41) is 8.35. The molecule has 0 saturated heterocycles. The molecule has 0 aromatic heterocycles. The van der Waals surface area contributed by atoms with E-state index in [2.05, 4.69) is 18.2 Å². The van der Waals surface area contributed by atoms with Crippen LogP contribution in [0.15, 0.2) is 90.0 Å². The van der Waals surface area contributed by atoms with Crippen molar-refractivity contribution in [3.05, 3.63) is 102 Å². The Hall–Kier alpha value is -4.85. The van der Waals surface area contributed by atoms with Crippen molar-refractivity contribution in [2.24, 2.45) is 5.10 Å². The number of methoxy groups -OCH3 is 3. The van der Waals surface area contributed by atoms with E-state index < -0.39 is 18.5 Å². The smallest absolute Gasteiger partial charge is 0.338 e. The molecular formula is C31H28N2O6. The molecule has 1 atom stereocenters. The van der Waals surface area contributed by atoms with Crippen LogP contribution in [0, 0.1) is 0 Å². The average molecular weight is 525 g/mol. The number of amides is 1. The highest BCUT2D eigenvalue weighted by Gasteiger charge is 2.33. The summed E-state index contributed by atoms with van der Waals surface area (Å²) >= 11 is 0. The van der Waals surface area contributed by atoms with Crippen molar-refractivity contribution in [1.29, 1.82) is 0 Å². The quantitative estimate of drug-likeness (QED) is 0.287. The van der Waals surface area contributed by atoms with Gasteiger partial charge in [-0.05, 0) is 40.1 Å². The van der Waals surface area contributed by atoms with Crippen LogP contribution in [-0.2, 0) is 9.53 Å². The van der Waals surface area contributed by atoms with E-state index in [1.165, 1.54) is 38.5 Å². The number of fused-ring (bicyclic) bond motifs is 1. The Kier molecular flexibility index (Phi) is 7.45.